The number of aromatic amines is 1. The summed E-state index contributed by atoms with van der Waals surface area (Å²) in [6.45, 7) is 1.77. The van der Waals surface area contributed by atoms with Gasteiger partial charge in [-0.2, -0.15) is 5.10 Å². The SMILES string of the molecule is C/C(=N\NC(=O)CSc1n[nH+]c(SCc2ccccc2Cl)s1)c1ccc([O-])cc1. The van der Waals surface area contributed by atoms with Crippen LogP contribution in [-0.2, 0) is 10.5 Å². The Balaban J connectivity index is 1.45. The highest BCUT2D eigenvalue weighted by Crippen LogP contribution is 2.30. The summed E-state index contributed by atoms with van der Waals surface area (Å²) >= 11 is 10.6. The Bertz CT molecular complexity index is 1010. The fourth-order valence-electron chi connectivity index (χ4n) is 2.16. The number of carbonyl (C=O) groups is 1. The number of amides is 1. The van der Waals surface area contributed by atoms with Crippen molar-refractivity contribution in [1.82, 2.24) is 10.5 Å². The molecule has 3 rings (SSSR count). The normalized spacial score (nSPS) is 11.4. The molecule has 1 aromatic heterocycles. The van der Waals surface area contributed by atoms with E-state index >= 15 is 0 Å². The van der Waals surface area contributed by atoms with Crippen LogP contribution in [0.1, 0.15) is 18.1 Å². The van der Waals surface area contributed by atoms with Crippen molar-refractivity contribution in [2.45, 2.75) is 21.4 Å². The zero-order chi connectivity index (χ0) is 20.6. The summed E-state index contributed by atoms with van der Waals surface area (Å²) in [6.07, 6.45) is 0. The third-order valence-corrected chi connectivity index (χ3v) is 7.35. The maximum Gasteiger partial charge on any atom is 0.323 e. The molecule has 0 fully saturated rings. The lowest BCUT2D eigenvalue weighted by Gasteiger charge is -2.06. The number of hydrogen-bond acceptors (Lipinski definition) is 7. The molecule has 10 heteroatoms. The van der Waals surface area contributed by atoms with Gasteiger partial charge in [0, 0.05) is 15.9 Å². The van der Waals surface area contributed by atoms with Gasteiger partial charge in [-0.15, -0.1) is 5.75 Å². The van der Waals surface area contributed by atoms with E-state index in [1.54, 1.807) is 30.8 Å². The maximum absolute atomic E-state index is 12.0. The molecular weight excluding hydrogens is 448 g/mol. The minimum atomic E-state index is -0.227. The van der Waals surface area contributed by atoms with Crippen molar-refractivity contribution in [3.8, 4) is 5.75 Å². The van der Waals surface area contributed by atoms with Gasteiger partial charge in [0.1, 0.15) is 0 Å². The van der Waals surface area contributed by atoms with Crippen LogP contribution in [0.2, 0.25) is 5.02 Å². The van der Waals surface area contributed by atoms with Gasteiger partial charge in [-0.1, -0.05) is 70.9 Å². The Morgan fingerprint density at radius 3 is 2.76 bits per heavy atom. The monoisotopic (exact) mass is 464 g/mol. The lowest BCUT2D eigenvalue weighted by atomic mass is 10.1. The first-order chi connectivity index (χ1) is 14.0. The summed E-state index contributed by atoms with van der Waals surface area (Å²) in [6, 6.07) is 14.0. The molecule has 1 amide bonds. The van der Waals surface area contributed by atoms with Gasteiger partial charge in [0.05, 0.1) is 11.5 Å². The van der Waals surface area contributed by atoms with Crippen molar-refractivity contribution in [3.63, 3.8) is 0 Å². The maximum atomic E-state index is 12.0. The zero-order valence-electron chi connectivity index (χ0n) is 15.3. The molecule has 150 valence electrons. The highest BCUT2D eigenvalue weighted by atomic mass is 35.5. The van der Waals surface area contributed by atoms with Gasteiger partial charge >= 0.3 is 4.34 Å². The van der Waals surface area contributed by atoms with Gasteiger partial charge in [-0.25, -0.2) is 5.43 Å². The quantitative estimate of drug-likeness (QED) is 0.312. The third kappa shape index (κ3) is 6.74. The highest BCUT2D eigenvalue weighted by Gasteiger charge is 2.14. The van der Waals surface area contributed by atoms with E-state index in [9.17, 15) is 9.90 Å². The van der Waals surface area contributed by atoms with Crippen LogP contribution in [-0.4, -0.2) is 22.5 Å². The van der Waals surface area contributed by atoms with Gasteiger partial charge in [0.25, 0.3) is 5.91 Å². The third-order valence-electron chi connectivity index (χ3n) is 3.68. The molecule has 0 spiro atoms. The molecule has 6 nitrogen and oxygen atoms in total. The molecule has 0 aliphatic rings. The van der Waals surface area contributed by atoms with Crippen molar-refractivity contribution in [2.24, 2.45) is 5.10 Å². The molecule has 0 unspecified atom stereocenters. The van der Waals surface area contributed by atoms with Crippen molar-refractivity contribution >= 4 is 58.1 Å². The van der Waals surface area contributed by atoms with Crippen LogP contribution >= 0.6 is 46.5 Å². The first-order valence-electron chi connectivity index (χ1n) is 8.49. The molecule has 29 heavy (non-hydrogen) atoms. The average Bonchev–Trinajstić information content (AvgIpc) is 3.18. The van der Waals surface area contributed by atoms with Gasteiger partial charge < -0.3 is 5.11 Å². The van der Waals surface area contributed by atoms with Crippen LogP contribution in [0, 0.1) is 0 Å². The minimum absolute atomic E-state index is 0.0633. The standard InChI is InChI=1S/C19H17ClN4O2S3/c1-12(13-6-8-15(25)9-7-13)21-22-17(26)11-28-19-24-23-18(29-19)27-10-14-4-2-3-5-16(14)20/h2-9,25H,10-11H2,1H3,(H,22,26)/b21-12+. The number of thioether (sulfide) groups is 2. The largest absolute Gasteiger partial charge is 0.872 e. The van der Waals surface area contributed by atoms with Crippen LogP contribution in [0.15, 0.2) is 62.3 Å². The first kappa shape index (κ1) is 21.6. The van der Waals surface area contributed by atoms with E-state index in [4.69, 9.17) is 11.6 Å². The second kappa shape index (κ2) is 10.6. The molecular formula is C19H17ClN4O2S3. The topological polar surface area (TPSA) is 91.6 Å². The van der Waals surface area contributed by atoms with E-state index in [0.717, 1.165) is 30.6 Å². The van der Waals surface area contributed by atoms with Crippen molar-refractivity contribution in [3.05, 3.63) is 64.7 Å². The molecule has 2 N–H and O–H groups in total. The van der Waals surface area contributed by atoms with E-state index < -0.39 is 0 Å². The number of halogens is 1. The number of rotatable bonds is 8. The number of carbonyl (C=O) groups excluding carboxylic acids is 1. The number of nitrogens with one attached hydrogen (secondary N) is 2. The molecule has 0 atom stereocenters. The van der Waals surface area contributed by atoms with Crippen molar-refractivity contribution in [1.29, 1.82) is 0 Å². The lowest BCUT2D eigenvalue weighted by Crippen LogP contribution is -2.21. The van der Waals surface area contributed by atoms with E-state index in [-0.39, 0.29) is 17.4 Å². The number of aromatic nitrogens is 2. The Labute approximate surface area is 185 Å². The van der Waals surface area contributed by atoms with Gasteiger partial charge in [-0.05, 0) is 47.2 Å². The number of hydrogen-bond donors (Lipinski definition) is 1. The van der Waals surface area contributed by atoms with Crippen LogP contribution in [0.4, 0.5) is 0 Å². The molecule has 3 aromatic rings. The number of benzene rings is 2. The first-order valence-corrected chi connectivity index (χ1v) is 11.7. The fraction of sp³-hybridized carbons (Fsp3) is 0.158. The van der Waals surface area contributed by atoms with E-state index in [2.05, 4.69) is 20.7 Å². The lowest BCUT2D eigenvalue weighted by molar-refractivity contribution is -0.492. The molecule has 0 saturated carbocycles. The summed E-state index contributed by atoms with van der Waals surface area (Å²) < 4.78 is 1.72. The van der Waals surface area contributed by atoms with Gasteiger partial charge in [0.2, 0.25) is 4.34 Å². The zero-order valence-corrected chi connectivity index (χ0v) is 18.6. The number of hydrazone groups is 1. The summed E-state index contributed by atoms with van der Waals surface area (Å²) in [5.74, 6) is 0.651. The Morgan fingerprint density at radius 2 is 2.00 bits per heavy atom. The van der Waals surface area contributed by atoms with Gasteiger partial charge in [-0.3, -0.25) is 4.79 Å². The molecule has 0 bridgehead atoms. The molecule has 2 aromatic carbocycles. The average molecular weight is 465 g/mol. The predicted octanol–water partition coefficient (Wildman–Crippen LogP) is 3.61. The van der Waals surface area contributed by atoms with E-state index in [1.807, 2.05) is 24.3 Å². The van der Waals surface area contributed by atoms with E-state index in [1.165, 1.54) is 35.2 Å². The minimum Gasteiger partial charge on any atom is -0.872 e. The number of nitrogens with zero attached hydrogens (tertiary/aromatic N) is 2. The second-order valence-electron chi connectivity index (χ2n) is 5.80. The molecule has 0 aliphatic heterocycles. The van der Waals surface area contributed by atoms with Crippen molar-refractivity contribution in [2.75, 3.05) is 5.75 Å². The summed E-state index contributed by atoms with van der Waals surface area (Å²) in [4.78, 5) is 12.0. The summed E-state index contributed by atoms with van der Waals surface area (Å²) in [7, 11) is 0. The summed E-state index contributed by atoms with van der Waals surface area (Å²) in [5.41, 5.74) is 5.00. The fourth-order valence-corrected chi connectivity index (χ4v) is 5.34. The Morgan fingerprint density at radius 1 is 1.24 bits per heavy atom. The number of H-pyrrole nitrogens is 1. The summed E-state index contributed by atoms with van der Waals surface area (Å²) in [5, 5.41) is 23.2. The Kier molecular flexibility index (Phi) is 7.93. The van der Waals surface area contributed by atoms with Gasteiger partial charge in [0.15, 0.2) is 0 Å². The smallest absolute Gasteiger partial charge is 0.323 e. The predicted molar refractivity (Wildman–Crippen MR) is 117 cm³/mol. The highest BCUT2D eigenvalue weighted by molar-refractivity contribution is 8.03. The molecule has 0 saturated heterocycles. The van der Waals surface area contributed by atoms with Crippen molar-refractivity contribution < 1.29 is 15.0 Å². The molecule has 1 heterocycles. The van der Waals surface area contributed by atoms with Crippen LogP contribution in [0.3, 0.4) is 0 Å². The Hall–Kier alpha value is -2.07. The molecule has 0 radical (unpaired) electrons. The van der Waals surface area contributed by atoms with Crippen LogP contribution < -0.4 is 15.6 Å². The van der Waals surface area contributed by atoms with E-state index in [0.29, 0.717) is 5.71 Å². The molecule has 0 aliphatic carbocycles. The van der Waals surface area contributed by atoms with Crippen LogP contribution in [0.5, 0.6) is 5.75 Å². The van der Waals surface area contributed by atoms with Crippen LogP contribution in [0.25, 0.3) is 0 Å². The second-order valence-corrected chi connectivity index (χ2v) is 9.68.